The molecule has 1 heterocycles. The molecule has 0 fully saturated rings. The SMILES string of the molecule is CC[C@H](C)c1ccccc1OCc1nnc(NC(=O)Nc2ccc(F)cc2)s1. The van der Waals surface area contributed by atoms with Crippen LogP contribution in [0.25, 0.3) is 0 Å². The van der Waals surface area contributed by atoms with Gasteiger partial charge in [0.25, 0.3) is 0 Å². The fraction of sp³-hybridized carbons (Fsp3) is 0.250. The molecule has 1 atom stereocenters. The lowest BCUT2D eigenvalue weighted by molar-refractivity contribution is 0.262. The zero-order valence-corrected chi connectivity index (χ0v) is 16.4. The predicted octanol–water partition coefficient (Wildman–Crippen LogP) is 5.41. The molecule has 0 aliphatic carbocycles. The Morgan fingerprint density at radius 3 is 2.64 bits per heavy atom. The van der Waals surface area contributed by atoms with E-state index in [9.17, 15) is 9.18 Å². The van der Waals surface area contributed by atoms with Crippen molar-refractivity contribution in [2.75, 3.05) is 10.6 Å². The summed E-state index contributed by atoms with van der Waals surface area (Å²) in [7, 11) is 0. The van der Waals surface area contributed by atoms with E-state index >= 15 is 0 Å². The number of urea groups is 1. The maximum atomic E-state index is 12.9. The number of carbonyl (C=O) groups is 1. The van der Waals surface area contributed by atoms with Crippen LogP contribution < -0.4 is 15.4 Å². The molecule has 0 unspecified atom stereocenters. The van der Waals surface area contributed by atoms with E-state index in [1.165, 1.54) is 35.6 Å². The van der Waals surface area contributed by atoms with Crippen LogP contribution in [0.3, 0.4) is 0 Å². The van der Waals surface area contributed by atoms with Crippen molar-refractivity contribution in [2.24, 2.45) is 0 Å². The summed E-state index contributed by atoms with van der Waals surface area (Å²) in [5, 5.41) is 14.2. The molecule has 2 aromatic carbocycles. The average Bonchev–Trinajstić information content (AvgIpc) is 3.15. The van der Waals surface area contributed by atoms with Crippen molar-refractivity contribution < 1.29 is 13.9 Å². The van der Waals surface area contributed by atoms with Gasteiger partial charge < -0.3 is 10.1 Å². The standard InChI is InChI=1S/C20H21FN4O2S/c1-3-13(2)16-6-4-5-7-17(16)27-12-18-24-25-20(28-18)23-19(26)22-15-10-8-14(21)9-11-15/h4-11,13H,3,12H2,1-2H3,(H2,22,23,25,26)/t13-/m0/s1. The molecular weight excluding hydrogens is 379 g/mol. The topological polar surface area (TPSA) is 76.1 Å². The monoisotopic (exact) mass is 400 g/mol. The zero-order chi connectivity index (χ0) is 19.9. The number of hydrogen-bond acceptors (Lipinski definition) is 5. The first-order valence-corrected chi connectivity index (χ1v) is 9.74. The second-order valence-corrected chi connectivity index (χ2v) is 7.28. The molecular formula is C20H21FN4O2S. The molecule has 2 N–H and O–H groups in total. The number of nitrogens with one attached hydrogen (secondary N) is 2. The molecule has 28 heavy (non-hydrogen) atoms. The number of carbonyl (C=O) groups excluding carboxylic acids is 1. The number of nitrogens with zero attached hydrogens (tertiary/aromatic N) is 2. The number of ether oxygens (including phenoxy) is 1. The van der Waals surface area contributed by atoms with Gasteiger partial charge in [-0.15, -0.1) is 10.2 Å². The van der Waals surface area contributed by atoms with E-state index in [0.29, 0.717) is 21.7 Å². The quantitative estimate of drug-likeness (QED) is 0.556. The molecule has 0 radical (unpaired) electrons. The van der Waals surface area contributed by atoms with Crippen molar-refractivity contribution in [3.05, 3.63) is 64.9 Å². The Bertz CT molecular complexity index is 930. The van der Waals surface area contributed by atoms with Gasteiger partial charge in [-0.05, 0) is 48.2 Å². The van der Waals surface area contributed by atoms with Crippen molar-refractivity contribution in [3.63, 3.8) is 0 Å². The Labute approximate surface area is 166 Å². The lowest BCUT2D eigenvalue weighted by atomic mass is 9.98. The van der Waals surface area contributed by atoms with Crippen molar-refractivity contribution in [3.8, 4) is 5.75 Å². The van der Waals surface area contributed by atoms with Crippen LogP contribution in [0.15, 0.2) is 48.5 Å². The van der Waals surface area contributed by atoms with Gasteiger partial charge in [-0.1, -0.05) is 43.4 Å². The third-order valence-corrected chi connectivity index (χ3v) is 5.02. The van der Waals surface area contributed by atoms with Crippen molar-refractivity contribution in [1.29, 1.82) is 0 Å². The van der Waals surface area contributed by atoms with Gasteiger partial charge in [0.15, 0.2) is 5.01 Å². The van der Waals surface area contributed by atoms with Crippen LogP contribution in [0.2, 0.25) is 0 Å². The van der Waals surface area contributed by atoms with E-state index in [-0.39, 0.29) is 12.4 Å². The highest BCUT2D eigenvalue weighted by atomic mass is 32.1. The van der Waals surface area contributed by atoms with Crippen molar-refractivity contribution in [1.82, 2.24) is 10.2 Å². The molecule has 146 valence electrons. The minimum atomic E-state index is -0.475. The summed E-state index contributed by atoms with van der Waals surface area (Å²) in [6.45, 7) is 4.57. The number of halogens is 1. The third kappa shape index (κ3) is 5.26. The Morgan fingerprint density at radius 1 is 1.14 bits per heavy atom. The van der Waals surface area contributed by atoms with E-state index in [0.717, 1.165) is 17.7 Å². The number of benzene rings is 2. The summed E-state index contributed by atoms with van der Waals surface area (Å²) < 4.78 is 18.8. The maximum Gasteiger partial charge on any atom is 0.325 e. The maximum absolute atomic E-state index is 12.9. The Hall–Kier alpha value is -3.00. The number of para-hydroxylation sites is 1. The van der Waals surface area contributed by atoms with Crippen molar-refractivity contribution >= 4 is 28.2 Å². The molecule has 3 aromatic rings. The summed E-state index contributed by atoms with van der Waals surface area (Å²) in [4.78, 5) is 12.0. The van der Waals surface area contributed by atoms with Crippen molar-refractivity contribution in [2.45, 2.75) is 32.8 Å². The van der Waals surface area contributed by atoms with Crippen LogP contribution >= 0.6 is 11.3 Å². The fourth-order valence-corrected chi connectivity index (χ4v) is 3.18. The van der Waals surface area contributed by atoms with Gasteiger partial charge in [0.05, 0.1) is 0 Å². The minimum Gasteiger partial charge on any atom is -0.486 e. The normalized spacial score (nSPS) is 11.7. The van der Waals surface area contributed by atoms with E-state index in [1.54, 1.807) is 0 Å². The van der Waals surface area contributed by atoms with Gasteiger partial charge in [-0.2, -0.15) is 0 Å². The molecule has 6 nitrogen and oxygen atoms in total. The molecule has 0 spiro atoms. The Kier molecular flexibility index (Phi) is 6.54. The van der Waals surface area contributed by atoms with Crippen LogP contribution in [-0.4, -0.2) is 16.2 Å². The largest absolute Gasteiger partial charge is 0.486 e. The first kappa shape index (κ1) is 19.8. The van der Waals surface area contributed by atoms with Crippen LogP contribution in [0.1, 0.15) is 36.8 Å². The molecule has 0 aliphatic heterocycles. The van der Waals surface area contributed by atoms with Gasteiger partial charge in [-0.3, -0.25) is 5.32 Å². The summed E-state index contributed by atoms with van der Waals surface area (Å²) >= 11 is 1.23. The summed E-state index contributed by atoms with van der Waals surface area (Å²) in [6, 6.07) is 13.0. The summed E-state index contributed by atoms with van der Waals surface area (Å²) in [5.41, 5.74) is 1.64. The second kappa shape index (κ2) is 9.27. The zero-order valence-electron chi connectivity index (χ0n) is 15.6. The number of aromatic nitrogens is 2. The molecule has 2 amide bonds. The molecule has 0 saturated carbocycles. The van der Waals surface area contributed by atoms with Gasteiger partial charge in [0.2, 0.25) is 5.13 Å². The highest BCUT2D eigenvalue weighted by Gasteiger charge is 2.12. The average molecular weight is 400 g/mol. The van der Waals surface area contributed by atoms with Gasteiger partial charge in [0.1, 0.15) is 18.2 Å². The molecule has 0 bridgehead atoms. The van der Waals surface area contributed by atoms with E-state index in [4.69, 9.17) is 4.74 Å². The Morgan fingerprint density at radius 2 is 1.89 bits per heavy atom. The summed E-state index contributed by atoms with van der Waals surface area (Å²) in [6.07, 6.45) is 1.02. The smallest absolute Gasteiger partial charge is 0.325 e. The predicted molar refractivity (Wildman–Crippen MR) is 108 cm³/mol. The lowest BCUT2D eigenvalue weighted by Crippen LogP contribution is -2.19. The minimum absolute atomic E-state index is 0.270. The van der Waals surface area contributed by atoms with Crippen LogP contribution in [-0.2, 0) is 6.61 Å². The number of hydrogen-bond donors (Lipinski definition) is 2. The Balaban J connectivity index is 1.56. The first-order chi connectivity index (χ1) is 13.5. The van der Waals surface area contributed by atoms with E-state index in [1.807, 2.05) is 18.2 Å². The highest BCUT2D eigenvalue weighted by molar-refractivity contribution is 7.15. The second-order valence-electron chi connectivity index (χ2n) is 6.22. The van der Waals surface area contributed by atoms with Crippen LogP contribution in [0, 0.1) is 5.82 Å². The fourth-order valence-electron chi connectivity index (χ4n) is 2.53. The lowest BCUT2D eigenvalue weighted by Gasteiger charge is -2.14. The summed E-state index contributed by atoms with van der Waals surface area (Å²) in [5.74, 6) is 0.864. The van der Waals surface area contributed by atoms with Gasteiger partial charge in [0, 0.05) is 5.69 Å². The molecule has 0 aliphatic rings. The third-order valence-electron chi connectivity index (χ3n) is 4.20. The molecule has 1 aromatic heterocycles. The number of rotatable bonds is 7. The number of anilines is 2. The van der Waals surface area contributed by atoms with E-state index < -0.39 is 6.03 Å². The van der Waals surface area contributed by atoms with Gasteiger partial charge >= 0.3 is 6.03 Å². The van der Waals surface area contributed by atoms with Crippen LogP contribution in [0.5, 0.6) is 5.75 Å². The molecule has 3 rings (SSSR count). The first-order valence-electron chi connectivity index (χ1n) is 8.93. The number of amides is 2. The van der Waals surface area contributed by atoms with E-state index in [2.05, 4.69) is 40.7 Å². The van der Waals surface area contributed by atoms with Crippen LogP contribution in [0.4, 0.5) is 20.0 Å². The highest BCUT2D eigenvalue weighted by Crippen LogP contribution is 2.29. The molecule has 0 saturated heterocycles. The van der Waals surface area contributed by atoms with Gasteiger partial charge in [-0.25, -0.2) is 9.18 Å². The molecule has 8 heteroatoms.